The van der Waals surface area contributed by atoms with Crippen molar-refractivity contribution < 1.29 is 5.11 Å². The lowest BCUT2D eigenvalue weighted by molar-refractivity contribution is 0.00309. The van der Waals surface area contributed by atoms with E-state index < -0.39 is 0 Å². The second-order valence-corrected chi connectivity index (χ2v) is 7.94. The largest absolute Gasteiger partial charge is 0.391 e. The van der Waals surface area contributed by atoms with E-state index in [1.165, 1.54) is 77.3 Å². The fourth-order valence-electron chi connectivity index (χ4n) is 4.56. The number of piperidine rings is 1. The first-order valence-corrected chi connectivity index (χ1v) is 9.59. The zero-order chi connectivity index (χ0) is 15.1. The molecule has 4 atom stereocenters. The molecule has 1 N–H and O–H groups in total. The molecule has 1 heterocycles. The molecule has 0 bridgehead atoms. The normalized spacial score (nSPS) is 38.4. The van der Waals surface area contributed by atoms with E-state index in [1.54, 1.807) is 0 Å². The van der Waals surface area contributed by atoms with E-state index >= 15 is 0 Å². The standard InChI is InChI=1S/C19H37NO/c1-16-13-17(2)15-20(14-16)18-11-9-7-5-3-4-6-8-10-12-19(18)21/h16-19,21H,3-15H2,1-2H3. The topological polar surface area (TPSA) is 23.5 Å². The van der Waals surface area contributed by atoms with Crippen molar-refractivity contribution in [3.05, 3.63) is 0 Å². The number of aliphatic hydroxyl groups is 1. The maximum Gasteiger partial charge on any atom is 0.0695 e. The molecule has 2 fully saturated rings. The number of nitrogens with zero attached hydrogens (tertiary/aromatic N) is 1. The molecule has 2 heteroatoms. The quantitative estimate of drug-likeness (QED) is 0.763. The highest BCUT2D eigenvalue weighted by molar-refractivity contribution is 4.85. The number of rotatable bonds is 1. The first-order chi connectivity index (χ1) is 10.2. The van der Waals surface area contributed by atoms with Gasteiger partial charge in [-0.2, -0.15) is 0 Å². The van der Waals surface area contributed by atoms with Gasteiger partial charge < -0.3 is 5.11 Å². The van der Waals surface area contributed by atoms with Crippen LogP contribution in [0.4, 0.5) is 0 Å². The van der Waals surface area contributed by atoms with Crippen molar-refractivity contribution in [1.29, 1.82) is 0 Å². The highest BCUT2D eigenvalue weighted by Gasteiger charge is 2.31. The smallest absolute Gasteiger partial charge is 0.0695 e. The van der Waals surface area contributed by atoms with Crippen LogP contribution in [0.15, 0.2) is 0 Å². The zero-order valence-electron chi connectivity index (χ0n) is 14.4. The van der Waals surface area contributed by atoms with Gasteiger partial charge in [-0.3, -0.25) is 4.90 Å². The zero-order valence-corrected chi connectivity index (χ0v) is 14.4. The molecule has 1 saturated heterocycles. The Labute approximate surface area is 132 Å². The molecule has 1 aliphatic carbocycles. The molecule has 0 aromatic carbocycles. The summed E-state index contributed by atoms with van der Waals surface area (Å²) in [5.41, 5.74) is 0. The highest BCUT2D eigenvalue weighted by Crippen LogP contribution is 2.27. The fourth-order valence-corrected chi connectivity index (χ4v) is 4.56. The van der Waals surface area contributed by atoms with Crippen molar-refractivity contribution >= 4 is 0 Å². The fraction of sp³-hybridized carbons (Fsp3) is 1.00. The SMILES string of the molecule is CC1CC(C)CN(C2CCCCCCCCCCC2O)C1. The van der Waals surface area contributed by atoms with Crippen LogP contribution in [0, 0.1) is 11.8 Å². The van der Waals surface area contributed by atoms with Crippen molar-refractivity contribution in [1.82, 2.24) is 4.90 Å². The lowest BCUT2D eigenvalue weighted by atomic mass is 9.88. The molecule has 0 radical (unpaired) electrons. The second-order valence-electron chi connectivity index (χ2n) is 7.94. The number of hydrogen-bond acceptors (Lipinski definition) is 2. The molecule has 2 nitrogen and oxygen atoms in total. The van der Waals surface area contributed by atoms with E-state index in [1.807, 2.05) is 0 Å². The van der Waals surface area contributed by atoms with E-state index in [2.05, 4.69) is 18.7 Å². The van der Waals surface area contributed by atoms with E-state index in [0.29, 0.717) is 6.04 Å². The summed E-state index contributed by atoms with van der Waals surface area (Å²) < 4.78 is 0. The van der Waals surface area contributed by atoms with Crippen molar-refractivity contribution in [3.63, 3.8) is 0 Å². The number of hydrogen-bond donors (Lipinski definition) is 1. The lowest BCUT2D eigenvalue weighted by Crippen LogP contribution is -2.50. The van der Waals surface area contributed by atoms with Crippen LogP contribution in [0.2, 0.25) is 0 Å². The van der Waals surface area contributed by atoms with Gasteiger partial charge in [-0.25, -0.2) is 0 Å². The monoisotopic (exact) mass is 295 g/mol. The van der Waals surface area contributed by atoms with Gasteiger partial charge in [0.1, 0.15) is 0 Å². The summed E-state index contributed by atoms with van der Waals surface area (Å²) in [6, 6.07) is 0.426. The predicted molar refractivity (Wildman–Crippen MR) is 90.5 cm³/mol. The molecule has 21 heavy (non-hydrogen) atoms. The van der Waals surface area contributed by atoms with Crippen LogP contribution in [0.25, 0.3) is 0 Å². The highest BCUT2D eigenvalue weighted by atomic mass is 16.3. The van der Waals surface area contributed by atoms with Gasteiger partial charge in [0.05, 0.1) is 6.10 Å². The Hall–Kier alpha value is -0.0800. The lowest BCUT2D eigenvalue weighted by Gasteiger charge is -2.42. The minimum absolute atomic E-state index is 0.0954. The Morgan fingerprint density at radius 2 is 1.19 bits per heavy atom. The molecule has 0 aromatic rings. The molecule has 1 saturated carbocycles. The third-order valence-corrected chi connectivity index (χ3v) is 5.56. The Balaban J connectivity index is 1.93. The summed E-state index contributed by atoms with van der Waals surface area (Å²) in [6.07, 6.45) is 14.3. The summed E-state index contributed by atoms with van der Waals surface area (Å²) in [5.74, 6) is 1.59. The van der Waals surface area contributed by atoms with Gasteiger partial charge in [-0.15, -0.1) is 0 Å². The number of likely N-dealkylation sites (tertiary alicyclic amines) is 1. The Morgan fingerprint density at radius 1 is 0.714 bits per heavy atom. The number of aliphatic hydroxyl groups excluding tert-OH is 1. The maximum atomic E-state index is 10.7. The Bertz CT molecular complexity index is 271. The van der Waals surface area contributed by atoms with Crippen molar-refractivity contribution in [2.75, 3.05) is 13.1 Å². The molecule has 1 aliphatic heterocycles. The van der Waals surface area contributed by atoms with Gasteiger partial charge in [-0.05, 0) is 31.1 Å². The van der Waals surface area contributed by atoms with Crippen LogP contribution in [0.1, 0.15) is 84.5 Å². The van der Waals surface area contributed by atoms with Crippen molar-refractivity contribution in [2.24, 2.45) is 11.8 Å². The van der Waals surface area contributed by atoms with Gasteiger partial charge in [0.15, 0.2) is 0 Å². The van der Waals surface area contributed by atoms with Gasteiger partial charge in [0, 0.05) is 19.1 Å². The Morgan fingerprint density at radius 3 is 1.76 bits per heavy atom. The molecule has 0 aromatic heterocycles. The summed E-state index contributed by atoms with van der Waals surface area (Å²) >= 11 is 0. The van der Waals surface area contributed by atoms with E-state index in [0.717, 1.165) is 18.3 Å². The molecular weight excluding hydrogens is 258 g/mol. The summed E-state index contributed by atoms with van der Waals surface area (Å²) in [4.78, 5) is 2.63. The molecule has 0 amide bonds. The minimum Gasteiger partial charge on any atom is -0.391 e. The predicted octanol–water partition coefficient (Wildman–Crippen LogP) is 4.61. The van der Waals surface area contributed by atoms with Crippen LogP contribution in [-0.4, -0.2) is 35.2 Å². The van der Waals surface area contributed by atoms with Gasteiger partial charge in [0.25, 0.3) is 0 Å². The summed E-state index contributed by atoms with van der Waals surface area (Å²) in [7, 11) is 0. The van der Waals surface area contributed by atoms with Gasteiger partial charge in [-0.1, -0.05) is 65.2 Å². The van der Waals surface area contributed by atoms with Crippen molar-refractivity contribution in [2.45, 2.75) is 96.6 Å². The summed E-state index contributed by atoms with van der Waals surface area (Å²) in [6.45, 7) is 7.16. The first kappa shape index (κ1) is 17.3. The van der Waals surface area contributed by atoms with E-state index in [4.69, 9.17) is 0 Å². The van der Waals surface area contributed by atoms with E-state index in [-0.39, 0.29) is 6.10 Å². The van der Waals surface area contributed by atoms with Crippen LogP contribution < -0.4 is 0 Å². The van der Waals surface area contributed by atoms with E-state index in [9.17, 15) is 5.11 Å². The van der Waals surface area contributed by atoms with Gasteiger partial charge >= 0.3 is 0 Å². The van der Waals surface area contributed by atoms with Crippen LogP contribution in [-0.2, 0) is 0 Å². The van der Waals surface area contributed by atoms with Crippen molar-refractivity contribution in [3.8, 4) is 0 Å². The van der Waals surface area contributed by atoms with Crippen LogP contribution in [0.3, 0.4) is 0 Å². The third-order valence-electron chi connectivity index (χ3n) is 5.56. The molecule has 2 rings (SSSR count). The minimum atomic E-state index is -0.0954. The van der Waals surface area contributed by atoms with Crippen LogP contribution >= 0.6 is 0 Å². The molecule has 124 valence electrons. The van der Waals surface area contributed by atoms with Crippen LogP contribution in [0.5, 0.6) is 0 Å². The molecule has 2 aliphatic rings. The Kier molecular flexibility index (Phi) is 7.53. The average Bonchev–Trinajstić information content (AvgIpc) is 2.41. The van der Waals surface area contributed by atoms with Gasteiger partial charge in [0.2, 0.25) is 0 Å². The third kappa shape index (κ3) is 5.90. The summed E-state index contributed by atoms with van der Waals surface area (Å²) in [5, 5.41) is 10.7. The first-order valence-electron chi connectivity index (χ1n) is 9.59. The molecule has 4 unspecified atom stereocenters. The maximum absolute atomic E-state index is 10.7. The second kappa shape index (κ2) is 9.15. The molecular formula is C19H37NO. The average molecular weight is 296 g/mol. The molecule has 0 spiro atoms.